The highest BCUT2D eigenvalue weighted by atomic mass is 79.9. The van der Waals surface area contributed by atoms with Crippen LogP contribution in [-0.2, 0) is 0 Å². The lowest BCUT2D eigenvalue weighted by atomic mass is 9.97. The summed E-state index contributed by atoms with van der Waals surface area (Å²) >= 11 is 7.67. The summed E-state index contributed by atoms with van der Waals surface area (Å²) in [4.78, 5) is 10.6. The van der Waals surface area contributed by atoms with Gasteiger partial charge in [0.05, 0.1) is 50.0 Å². The molecule has 0 saturated heterocycles. The fourth-order valence-electron chi connectivity index (χ4n) is 9.70. The standard InChI is InChI=1S/C50H26Br2N6O2/c51-32-15-10-20-37-44(32)54-50-56(39-22-8-14-30-27-11-1-5-23-41(27)59-47(30)39)38-21-7-13-29(45(38)58(37)50)28-25-26-40(48-43(28)31-12-2-6-24-42(31)60-48)55-35-18-3-4-19-36(35)57-46-33(52)16-9-17-34(46)53-49(55)57/h1-26H. The summed E-state index contributed by atoms with van der Waals surface area (Å²) in [5.74, 6) is 1.60. The second-order valence-electron chi connectivity index (χ2n) is 15.2. The molecule has 10 heteroatoms. The van der Waals surface area contributed by atoms with Gasteiger partial charge in [-0.3, -0.25) is 17.9 Å². The van der Waals surface area contributed by atoms with Crippen LogP contribution in [0.5, 0.6) is 0 Å². The molecule has 0 N–H and O–H groups in total. The number of hydrogen-bond acceptors (Lipinski definition) is 4. The van der Waals surface area contributed by atoms with E-state index in [0.717, 1.165) is 131 Å². The van der Waals surface area contributed by atoms with Gasteiger partial charge in [0.15, 0.2) is 11.2 Å². The summed E-state index contributed by atoms with van der Waals surface area (Å²) < 4.78 is 24.6. The number of nitrogens with zero attached hydrogens (tertiary/aromatic N) is 6. The van der Waals surface area contributed by atoms with Crippen LogP contribution in [0.3, 0.4) is 0 Å². The van der Waals surface area contributed by atoms with Gasteiger partial charge in [-0.05, 0) is 104 Å². The van der Waals surface area contributed by atoms with E-state index in [4.69, 9.17) is 18.8 Å². The van der Waals surface area contributed by atoms with Crippen molar-refractivity contribution in [2.24, 2.45) is 0 Å². The molecule has 0 aliphatic rings. The van der Waals surface area contributed by atoms with Crippen molar-refractivity contribution in [3.63, 3.8) is 0 Å². The number of halogens is 2. The third-order valence-corrected chi connectivity index (χ3v) is 13.4. The van der Waals surface area contributed by atoms with E-state index in [-0.39, 0.29) is 0 Å². The van der Waals surface area contributed by atoms with E-state index < -0.39 is 0 Å². The van der Waals surface area contributed by atoms with Gasteiger partial charge in [-0.2, -0.15) is 0 Å². The van der Waals surface area contributed by atoms with Crippen LogP contribution in [0.15, 0.2) is 176 Å². The summed E-state index contributed by atoms with van der Waals surface area (Å²) in [7, 11) is 0. The first-order chi connectivity index (χ1) is 29.6. The molecule has 6 heterocycles. The summed E-state index contributed by atoms with van der Waals surface area (Å²) in [5, 5.41) is 4.20. The van der Waals surface area contributed by atoms with Crippen LogP contribution < -0.4 is 0 Å². The zero-order chi connectivity index (χ0) is 39.4. The summed E-state index contributed by atoms with van der Waals surface area (Å²) in [5.41, 5.74) is 15.1. The monoisotopic (exact) mass is 900 g/mol. The van der Waals surface area contributed by atoms with Crippen molar-refractivity contribution in [1.29, 1.82) is 0 Å². The van der Waals surface area contributed by atoms with Crippen molar-refractivity contribution >= 4 is 131 Å². The maximum Gasteiger partial charge on any atom is 0.220 e. The van der Waals surface area contributed by atoms with Crippen LogP contribution in [0.4, 0.5) is 0 Å². The predicted octanol–water partition coefficient (Wildman–Crippen LogP) is 14.2. The number of furan rings is 2. The SMILES string of the molecule is Brc1cccc2c1nc1n(-c3cccc4c3oc3ccccc34)c3cccc(-c4ccc(-n5c6ccccc6n6c7c(Br)cccc7nc56)c5oc6ccccc6c45)c3n21. The van der Waals surface area contributed by atoms with E-state index in [1.54, 1.807) is 0 Å². The van der Waals surface area contributed by atoms with Crippen LogP contribution >= 0.6 is 31.9 Å². The molecule has 0 aliphatic heterocycles. The number of fused-ring (bicyclic) bond motifs is 16. The first-order valence-corrected chi connectivity index (χ1v) is 21.2. The van der Waals surface area contributed by atoms with E-state index in [9.17, 15) is 0 Å². The van der Waals surface area contributed by atoms with Crippen molar-refractivity contribution in [2.75, 3.05) is 0 Å². The average Bonchev–Trinajstić information content (AvgIpc) is 4.12. The normalized spacial score (nSPS) is 12.5. The highest BCUT2D eigenvalue weighted by Gasteiger charge is 2.27. The van der Waals surface area contributed by atoms with E-state index in [1.165, 1.54) is 0 Å². The molecule has 8 nitrogen and oxygen atoms in total. The van der Waals surface area contributed by atoms with Crippen molar-refractivity contribution in [3.05, 3.63) is 167 Å². The molecule has 282 valence electrons. The Morgan fingerprint density at radius 2 is 1.03 bits per heavy atom. The van der Waals surface area contributed by atoms with Gasteiger partial charge in [0, 0.05) is 36.1 Å². The Balaban J connectivity index is 1.12. The highest BCUT2D eigenvalue weighted by Crippen LogP contribution is 2.46. The summed E-state index contributed by atoms with van der Waals surface area (Å²) in [6, 6.07) is 54.8. The predicted molar refractivity (Wildman–Crippen MR) is 248 cm³/mol. The fraction of sp³-hybridized carbons (Fsp3) is 0. The lowest BCUT2D eigenvalue weighted by Crippen LogP contribution is -1.97. The number of rotatable bonds is 3. The molecule has 8 aromatic carbocycles. The van der Waals surface area contributed by atoms with Gasteiger partial charge in [0.2, 0.25) is 11.6 Å². The molecule has 0 spiro atoms. The molecule has 0 aliphatic carbocycles. The van der Waals surface area contributed by atoms with Crippen molar-refractivity contribution in [3.8, 4) is 22.5 Å². The topological polar surface area (TPSA) is 70.7 Å². The van der Waals surface area contributed by atoms with Crippen molar-refractivity contribution < 1.29 is 8.83 Å². The lowest BCUT2D eigenvalue weighted by Gasteiger charge is -2.12. The maximum absolute atomic E-state index is 6.98. The Hall–Kier alpha value is -7.14. The molecule has 0 fully saturated rings. The van der Waals surface area contributed by atoms with Crippen LogP contribution in [0.2, 0.25) is 0 Å². The van der Waals surface area contributed by atoms with Crippen LogP contribution in [0.25, 0.3) is 122 Å². The number of hydrogen-bond donors (Lipinski definition) is 0. The largest absolute Gasteiger partial charge is 0.454 e. The maximum atomic E-state index is 6.98. The van der Waals surface area contributed by atoms with Gasteiger partial charge in [-0.15, -0.1) is 0 Å². The molecule has 0 atom stereocenters. The Labute approximate surface area is 355 Å². The molecular weight excluding hydrogens is 876 g/mol. The lowest BCUT2D eigenvalue weighted by molar-refractivity contribution is 0.666. The molecule has 6 aromatic heterocycles. The third-order valence-electron chi connectivity index (χ3n) is 12.1. The molecule has 0 amide bonds. The van der Waals surface area contributed by atoms with Crippen LogP contribution in [0, 0.1) is 0 Å². The Kier molecular flexibility index (Phi) is 6.42. The quantitative estimate of drug-likeness (QED) is 0.177. The smallest absolute Gasteiger partial charge is 0.220 e. The fourth-order valence-corrected chi connectivity index (χ4v) is 10.7. The number of para-hydroxylation sites is 8. The van der Waals surface area contributed by atoms with Crippen molar-refractivity contribution in [2.45, 2.75) is 0 Å². The minimum atomic E-state index is 0.779. The van der Waals surface area contributed by atoms with Gasteiger partial charge >= 0.3 is 0 Å². The zero-order valence-electron chi connectivity index (χ0n) is 31.3. The average molecular weight is 903 g/mol. The molecule has 0 radical (unpaired) electrons. The van der Waals surface area contributed by atoms with Gasteiger partial charge in [-0.1, -0.05) is 91.0 Å². The van der Waals surface area contributed by atoms with E-state index in [0.29, 0.717) is 0 Å². The first-order valence-electron chi connectivity index (χ1n) is 19.6. The minimum absolute atomic E-state index is 0.779. The first kappa shape index (κ1) is 32.8. The number of imidazole rings is 4. The van der Waals surface area contributed by atoms with Gasteiger partial charge in [0.1, 0.15) is 16.7 Å². The molecule has 14 rings (SSSR count). The van der Waals surface area contributed by atoms with Crippen LogP contribution in [-0.4, -0.2) is 27.9 Å². The van der Waals surface area contributed by atoms with Crippen LogP contribution in [0.1, 0.15) is 0 Å². The second-order valence-corrected chi connectivity index (χ2v) is 16.9. The zero-order valence-corrected chi connectivity index (χ0v) is 34.4. The van der Waals surface area contributed by atoms with E-state index in [1.807, 2.05) is 30.3 Å². The van der Waals surface area contributed by atoms with Crippen molar-refractivity contribution in [1.82, 2.24) is 27.9 Å². The third kappa shape index (κ3) is 4.14. The van der Waals surface area contributed by atoms with E-state index >= 15 is 0 Å². The Morgan fingerprint density at radius 3 is 1.93 bits per heavy atom. The summed E-state index contributed by atoms with van der Waals surface area (Å²) in [6.45, 7) is 0. The molecule has 60 heavy (non-hydrogen) atoms. The summed E-state index contributed by atoms with van der Waals surface area (Å²) in [6.07, 6.45) is 0. The Morgan fingerprint density at radius 1 is 0.417 bits per heavy atom. The van der Waals surface area contributed by atoms with Gasteiger partial charge < -0.3 is 8.83 Å². The highest BCUT2D eigenvalue weighted by molar-refractivity contribution is 9.11. The van der Waals surface area contributed by atoms with E-state index in [2.05, 4.69) is 177 Å². The van der Waals surface area contributed by atoms with Gasteiger partial charge in [0.25, 0.3) is 0 Å². The number of benzene rings is 8. The molecular formula is C50H26Br2N6O2. The Bertz CT molecular complexity index is 4180. The molecule has 14 aromatic rings. The molecule has 0 saturated carbocycles. The molecule has 0 bridgehead atoms. The van der Waals surface area contributed by atoms with Gasteiger partial charge in [-0.25, -0.2) is 9.97 Å². The minimum Gasteiger partial charge on any atom is -0.454 e. The second kappa shape index (κ2) is 11.7. The molecule has 0 unspecified atom stereocenters. The number of aromatic nitrogens is 6.